The average Bonchev–Trinajstić information content (AvgIpc) is 2.99. The first-order valence-electron chi connectivity index (χ1n) is 10.6. The van der Waals surface area contributed by atoms with E-state index in [1.807, 2.05) is 32.9 Å². The zero-order valence-electron chi connectivity index (χ0n) is 19.9. The molecule has 8 heteroatoms. The molecule has 3 rings (SSSR count). The Kier molecular flexibility index (Phi) is 7.07. The van der Waals surface area contributed by atoms with Crippen molar-refractivity contribution in [2.45, 2.75) is 34.6 Å². The largest absolute Gasteiger partial charge is 0.318 e. The molecule has 0 radical (unpaired) electrons. The van der Waals surface area contributed by atoms with Crippen LogP contribution in [0.5, 0.6) is 0 Å². The van der Waals surface area contributed by atoms with Crippen LogP contribution < -0.4 is 9.73 Å². The third-order valence-electron chi connectivity index (χ3n) is 5.43. The van der Waals surface area contributed by atoms with E-state index in [1.54, 1.807) is 24.4 Å². The monoisotopic (exact) mass is 466 g/mol. The molecule has 7 nitrogen and oxygen atoms in total. The van der Waals surface area contributed by atoms with Gasteiger partial charge < -0.3 is 4.57 Å². The van der Waals surface area contributed by atoms with Crippen LogP contribution in [0.3, 0.4) is 0 Å². The van der Waals surface area contributed by atoms with Gasteiger partial charge in [0.2, 0.25) is 10.0 Å². The van der Waals surface area contributed by atoms with Crippen LogP contribution >= 0.6 is 0 Å². The van der Waals surface area contributed by atoms with Crippen molar-refractivity contribution >= 4 is 27.8 Å². The van der Waals surface area contributed by atoms with E-state index >= 15 is 0 Å². The number of carbonyl (C=O) groups excluding carboxylic acids is 1. The van der Waals surface area contributed by atoms with Gasteiger partial charge in [0.05, 0.1) is 18.2 Å². The van der Waals surface area contributed by atoms with Crippen molar-refractivity contribution in [2.75, 3.05) is 17.1 Å². The maximum Gasteiger partial charge on any atom is 0.260 e. The van der Waals surface area contributed by atoms with Gasteiger partial charge in [0.15, 0.2) is 0 Å². The molecule has 1 amide bonds. The fourth-order valence-corrected chi connectivity index (χ4v) is 4.72. The topological polar surface area (TPSA) is 83.8 Å². The third-order valence-corrected chi connectivity index (χ3v) is 6.57. The van der Waals surface area contributed by atoms with Gasteiger partial charge >= 0.3 is 0 Å². The molecule has 0 atom stereocenters. The summed E-state index contributed by atoms with van der Waals surface area (Å²) in [7, 11) is -3.64. The number of aryl methyl sites for hydroxylation is 4. The summed E-state index contributed by atoms with van der Waals surface area (Å²) in [6.07, 6.45) is 2.66. The zero-order valence-corrected chi connectivity index (χ0v) is 20.7. The van der Waals surface area contributed by atoms with Crippen LogP contribution in [0.15, 0.2) is 53.6 Å². The van der Waals surface area contributed by atoms with Crippen LogP contribution in [-0.4, -0.2) is 37.9 Å². The SMILES string of the molecule is Cc1cccc(N(CC(=O)N/N=C\c2cc(C)n(-c3ccc(C)cc3C)c2C)S(C)(=O)=O)c1. The fourth-order valence-electron chi connectivity index (χ4n) is 3.87. The number of hydrogen-bond donors (Lipinski definition) is 1. The first kappa shape index (κ1) is 24.3. The number of anilines is 1. The number of nitrogens with zero attached hydrogens (tertiary/aromatic N) is 3. The molecule has 3 aromatic rings. The van der Waals surface area contributed by atoms with E-state index in [9.17, 15) is 13.2 Å². The van der Waals surface area contributed by atoms with Gasteiger partial charge in [-0.15, -0.1) is 0 Å². The van der Waals surface area contributed by atoms with Crippen molar-refractivity contribution < 1.29 is 13.2 Å². The van der Waals surface area contributed by atoms with E-state index in [0.29, 0.717) is 5.69 Å². The Bertz CT molecular complexity index is 1320. The second-order valence-corrected chi connectivity index (χ2v) is 10.3. The number of hydrazone groups is 1. The minimum atomic E-state index is -3.64. The molecule has 33 heavy (non-hydrogen) atoms. The molecule has 1 N–H and O–H groups in total. The number of rotatable bonds is 7. The van der Waals surface area contributed by atoms with E-state index < -0.39 is 15.9 Å². The zero-order chi connectivity index (χ0) is 24.3. The van der Waals surface area contributed by atoms with Crippen molar-refractivity contribution in [3.05, 3.63) is 82.2 Å². The van der Waals surface area contributed by atoms with E-state index in [4.69, 9.17) is 0 Å². The number of hydrogen-bond acceptors (Lipinski definition) is 4. The molecule has 1 heterocycles. The Balaban J connectivity index is 1.76. The highest BCUT2D eigenvalue weighted by Gasteiger charge is 2.20. The predicted octanol–water partition coefficient (Wildman–Crippen LogP) is 3.94. The summed E-state index contributed by atoms with van der Waals surface area (Å²) in [6.45, 7) is 9.67. The van der Waals surface area contributed by atoms with Gasteiger partial charge in [-0.05, 0) is 70.0 Å². The fraction of sp³-hybridized carbons (Fsp3) is 0.280. The summed E-state index contributed by atoms with van der Waals surface area (Å²) in [5, 5.41) is 4.07. The summed E-state index contributed by atoms with van der Waals surface area (Å²) in [4.78, 5) is 12.5. The molecule has 0 saturated carbocycles. The number of amides is 1. The lowest BCUT2D eigenvalue weighted by Crippen LogP contribution is -2.39. The highest BCUT2D eigenvalue weighted by Crippen LogP contribution is 2.23. The minimum absolute atomic E-state index is 0.360. The van der Waals surface area contributed by atoms with Crippen LogP contribution in [0.1, 0.15) is 33.6 Å². The second kappa shape index (κ2) is 9.62. The minimum Gasteiger partial charge on any atom is -0.318 e. The molecule has 0 spiro atoms. The number of carbonyl (C=O) groups is 1. The van der Waals surface area contributed by atoms with Crippen LogP contribution in [0, 0.1) is 34.6 Å². The Morgan fingerprint density at radius 2 is 1.73 bits per heavy atom. The van der Waals surface area contributed by atoms with Crippen LogP contribution in [0.2, 0.25) is 0 Å². The van der Waals surface area contributed by atoms with Gasteiger partial charge in [-0.2, -0.15) is 5.10 Å². The van der Waals surface area contributed by atoms with Crippen molar-refractivity contribution in [3.8, 4) is 5.69 Å². The molecular formula is C25H30N4O3S. The van der Waals surface area contributed by atoms with Gasteiger partial charge in [-0.25, -0.2) is 13.8 Å². The Hall–Kier alpha value is -3.39. The normalized spacial score (nSPS) is 11.7. The smallest absolute Gasteiger partial charge is 0.260 e. The standard InChI is InChI=1S/C25H30N4O3S/c1-17-8-7-9-23(13-17)28(33(6,31)32)16-25(30)27-26-15-22-14-20(4)29(21(22)5)24-11-10-18(2)12-19(24)3/h7-15H,16H2,1-6H3,(H,27,30)/b26-15-. The molecule has 2 aromatic carbocycles. The van der Waals surface area contributed by atoms with Gasteiger partial charge in [-0.1, -0.05) is 29.8 Å². The van der Waals surface area contributed by atoms with E-state index in [1.165, 1.54) is 11.1 Å². The molecule has 0 bridgehead atoms. The highest BCUT2D eigenvalue weighted by atomic mass is 32.2. The molecule has 0 unspecified atom stereocenters. The average molecular weight is 467 g/mol. The molecule has 1 aromatic heterocycles. The predicted molar refractivity (Wildman–Crippen MR) is 134 cm³/mol. The number of nitrogens with one attached hydrogen (secondary N) is 1. The van der Waals surface area contributed by atoms with Crippen LogP contribution in [-0.2, 0) is 14.8 Å². The molecule has 174 valence electrons. The summed E-state index contributed by atoms with van der Waals surface area (Å²) in [5.74, 6) is -0.527. The van der Waals surface area contributed by atoms with Gasteiger partial charge in [0.25, 0.3) is 5.91 Å². The quantitative estimate of drug-likeness (QED) is 0.423. The number of aromatic nitrogens is 1. The summed E-state index contributed by atoms with van der Waals surface area (Å²) in [5.41, 5.74) is 10.2. The van der Waals surface area contributed by atoms with Crippen molar-refractivity contribution in [1.29, 1.82) is 0 Å². The van der Waals surface area contributed by atoms with Crippen LogP contribution in [0.4, 0.5) is 5.69 Å². The van der Waals surface area contributed by atoms with Gasteiger partial charge in [0, 0.05) is 22.6 Å². The number of sulfonamides is 1. The lowest BCUT2D eigenvalue weighted by atomic mass is 10.1. The van der Waals surface area contributed by atoms with Gasteiger partial charge in [-0.3, -0.25) is 9.10 Å². The first-order chi connectivity index (χ1) is 15.5. The van der Waals surface area contributed by atoms with Crippen molar-refractivity contribution in [1.82, 2.24) is 9.99 Å². The highest BCUT2D eigenvalue weighted by molar-refractivity contribution is 7.92. The van der Waals surface area contributed by atoms with Gasteiger partial charge in [0.1, 0.15) is 6.54 Å². The summed E-state index contributed by atoms with van der Waals surface area (Å²) < 4.78 is 27.7. The summed E-state index contributed by atoms with van der Waals surface area (Å²) >= 11 is 0. The molecule has 0 aliphatic carbocycles. The Morgan fingerprint density at radius 1 is 1.03 bits per heavy atom. The summed E-state index contributed by atoms with van der Waals surface area (Å²) in [6, 6.07) is 15.3. The molecule has 0 saturated heterocycles. The first-order valence-corrected chi connectivity index (χ1v) is 12.4. The Morgan fingerprint density at radius 3 is 2.36 bits per heavy atom. The molecule has 0 aliphatic heterocycles. The number of benzene rings is 2. The van der Waals surface area contributed by atoms with Crippen molar-refractivity contribution in [3.63, 3.8) is 0 Å². The molecule has 0 fully saturated rings. The molecular weight excluding hydrogens is 436 g/mol. The third kappa shape index (κ3) is 5.70. The lowest BCUT2D eigenvalue weighted by Gasteiger charge is -2.21. The van der Waals surface area contributed by atoms with E-state index in [-0.39, 0.29) is 6.54 Å². The maximum absolute atomic E-state index is 12.5. The van der Waals surface area contributed by atoms with E-state index in [0.717, 1.165) is 38.8 Å². The van der Waals surface area contributed by atoms with Crippen LogP contribution in [0.25, 0.3) is 5.69 Å². The lowest BCUT2D eigenvalue weighted by molar-refractivity contribution is -0.119. The Labute approximate surface area is 195 Å². The molecule has 0 aliphatic rings. The van der Waals surface area contributed by atoms with E-state index in [2.05, 4.69) is 47.1 Å². The second-order valence-electron chi connectivity index (χ2n) is 8.35. The maximum atomic E-state index is 12.5. The van der Waals surface area contributed by atoms with Crippen molar-refractivity contribution in [2.24, 2.45) is 5.10 Å².